The number of aryl methyl sites for hydroxylation is 2. The van der Waals surface area contributed by atoms with Crippen molar-refractivity contribution in [1.82, 2.24) is 0 Å². The van der Waals surface area contributed by atoms with Gasteiger partial charge in [0.25, 0.3) is 0 Å². The summed E-state index contributed by atoms with van der Waals surface area (Å²) in [5.41, 5.74) is 13.3. The van der Waals surface area contributed by atoms with E-state index in [2.05, 4.69) is 219 Å². The van der Waals surface area contributed by atoms with Crippen LogP contribution >= 0.6 is 0 Å². The predicted molar refractivity (Wildman–Crippen MR) is 227 cm³/mol. The molecule has 0 saturated heterocycles. The predicted octanol–water partition coefficient (Wildman–Crippen LogP) is 14.9. The van der Waals surface area contributed by atoms with Crippen LogP contribution in [0.1, 0.15) is 31.9 Å². The summed E-state index contributed by atoms with van der Waals surface area (Å²) < 4.78 is 0. The highest BCUT2D eigenvalue weighted by Gasteiger charge is 2.15. The Balaban J connectivity index is 0.000000278. The first-order valence-corrected chi connectivity index (χ1v) is 18.4. The van der Waals surface area contributed by atoms with Crippen molar-refractivity contribution in [1.29, 1.82) is 0 Å². The van der Waals surface area contributed by atoms with Gasteiger partial charge in [-0.2, -0.15) is 0 Å². The van der Waals surface area contributed by atoms with Crippen LogP contribution < -0.4 is 4.90 Å². The molecule has 0 radical (unpaired) electrons. The van der Waals surface area contributed by atoms with E-state index in [1.807, 2.05) is 13.8 Å². The normalized spacial score (nSPS) is 10.4. The fourth-order valence-electron chi connectivity index (χ4n) is 6.37. The minimum atomic E-state index is 1.12. The number of fused-ring (bicyclic) bond motifs is 1. The largest absolute Gasteiger partial charge is 0.310 e. The molecule has 52 heavy (non-hydrogen) atoms. The molecular weight excluding hydrogens is 627 g/mol. The second kappa shape index (κ2) is 17.7. The van der Waals surface area contributed by atoms with Crippen molar-refractivity contribution in [2.45, 2.75) is 34.1 Å². The standard InChI is InChI=1S/C37H29N.C12H12.C2H6/c1-28-18-20-31(21-19-28)32-22-24-35(25-23-32)38(36-16-8-14-33(26-36)29-10-4-2-5-11-29)37-17-9-15-34(27-37)30-12-6-3-7-13-30;1-2-10-7-8-11-5-3-4-6-12(11)9-10;1-2/h2-27H,1H3;3-9H,2H2,1H3;1-2H3. The molecule has 1 heteroatoms. The Kier molecular flexibility index (Phi) is 12.1. The maximum atomic E-state index is 2.35. The highest BCUT2D eigenvalue weighted by Crippen LogP contribution is 2.39. The monoisotopic (exact) mass is 673 g/mol. The Hall–Kier alpha value is -6.18. The number of nitrogens with zero attached hydrogens (tertiary/aromatic N) is 1. The second-order valence-corrected chi connectivity index (χ2v) is 12.6. The molecule has 0 fully saturated rings. The van der Waals surface area contributed by atoms with E-state index in [0.29, 0.717) is 0 Å². The highest BCUT2D eigenvalue weighted by atomic mass is 15.1. The molecule has 0 spiro atoms. The van der Waals surface area contributed by atoms with Gasteiger partial charge in [-0.25, -0.2) is 0 Å². The molecule has 0 aliphatic heterocycles. The highest BCUT2D eigenvalue weighted by molar-refractivity contribution is 5.84. The molecule has 0 atom stereocenters. The number of hydrogen-bond donors (Lipinski definition) is 0. The zero-order valence-electron chi connectivity index (χ0n) is 30.7. The molecule has 0 amide bonds. The smallest absolute Gasteiger partial charge is 0.0467 e. The first-order valence-electron chi connectivity index (χ1n) is 18.4. The molecule has 0 aliphatic rings. The number of rotatable bonds is 7. The van der Waals surface area contributed by atoms with Gasteiger partial charge in [-0.05, 0) is 99.5 Å². The van der Waals surface area contributed by atoms with E-state index in [0.717, 1.165) is 23.5 Å². The summed E-state index contributed by atoms with van der Waals surface area (Å²) in [4.78, 5) is 2.35. The van der Waals surface area contributed by atoms with Gasteiger partial charge in [-0.15, -0.1) is 0 Å². The van der Waals surface area contributed by atoms with Crippen molar-refractivity contribution < 1.29 is 0 Å². The van der Waals surface area contributed by atoms with Gasteiger partial charge in [-0.3, -0.25) is 0 Å². The minimum absolute atomic E-state index is 1.12. The summed E-state index contributed by atoms with van der Waals surface area (Å²) in [5.74, 6) is 0. The molecule has 0 unspecified atom stereocenters. The van der Waals surface area contributed by atoms with E-state index in [9.17, 15) is 0 Å². The Bertz CT molecular complexity index is 2200. The summed E-state index contributed by atoms with van der Waals surface area (Å²) in [7, 11) is 0. The van der Waals surface area contributed by atoms with Crippen LogP contribution in [0.3, 0.4) is 0 Å². The Morgan fingerprint density at radius 2 is 0.788 bits per heavy atom. The van der Waals surface area contributed by atoms with E-state index in [1.165, 1.54) is 55.3 Å². The average molecular weight is 674 g/mol. The molecule has 0 aliphatic carbocycles. The van der Waals surface area contributed by atoms with Gasteiger partial charge in [0.2, 0.25) is 0 Å². The fourth-order valence-corrected chi connectivity index (χ4v) is 6.37. The van der Waals surface area contributed by atoms with Crippen molar-refractivity contribution in [2.75, 3.05) is 4.90 Å². The van der Waals surface area contributed by atoms with E-state index in [4.69, 9.17) is 0 Å². The minimum Gasteiger partial charge on any atom is -0.310 e. The van der Waals surface area contributed by atoms with Gasteiger partial charge >= 0.3 is 0 Å². The Labute approximate surface area is 310 Å². The van der Waals surface area contributed by atoms with Crippen molar-refractivity contribution in [3.05, 3.63) is 211 Å². The molecule has 0 heterocycles. The summed E-state index contributed by atoms with van der Waals surface area (Å²) in [5, 5.41) is 2.67. The van der Waals surface area contributed by atoms with E-state index in [1.54, 1.807) is 0 Å². The number of benzene rings is 8. The molecule has 1 nitrogen and oxygen atoms in total. The van der Waals surface area contributed by atoms with Crippen LogP contribution in [-0.2, 0) is 6.42 Å². The zero-order valence-corrected chi connectivity index (χ0v) is 30.7. The van der Waals surface area contributed by atoms with Crippen LogP contribution in [-0.4, -0.2) is 0 Å². The summed E-state index contributed by atoms with van der Waals surface area (Å²) in [6.45, 7) is 8.31. The second-order valence-electron chi connectivity index (χ2n) is 12.6. The molecule has 256 valence electrons. The lowest BCUT2D eigenvalue weighted by molar-refractivity contribution is 1.15. The van der Waals surface area contributed by atoms with Crippen LogP contribution in [0.2, 0.25) is 0 Å². The third-order valence-electron chi connectivity index (χ3n) is 9.16. The van der Waals surface area contributed by atoms with Crippen LogP contribution in [0, 0.1) is 6.92 Å². The van der Waals surface area contributed by atoms with E-state index < -0.39 is 0 Å². The molecule has 0 bridgehead atoms. The zero-order chi connectivity index (χ0) is 36.1. The summed E-state index contributed by atoms with van der Waals surface area (Å²) >= 11 is 0. The lowest BCUT2D eigenvalue weighted by atomic mass is 10.0. The molecule has 8 aromatic carbocycles. The van der Waals surface area contributed by atoms with Gasteiger partial charge in [0.05, 0.1) is 0 Å². The quantitative estimate of drug-likeness (QED) is 0.163. The summed E-state index contributed by atoms with van der Waals surface area (Å²) in [6.07, 6.45) is 1.12. The Morgan fingerprint density at radius 3 is 1.31 bits per heavy atom. The van der Waals surface area contributed by atoms with Crippen LogP contribution in [0.25, 0.3) is 44.2 Å². The average Bonchev–Trinajstić information content (AvgIpc) is 3.23. The first-order chi connectivity index (χ1) is 25.6. The third-order valence-corrected chi connectivity index (χ3v) is 9.16. The third kappa shape index (κ3) is 8.75. The van der Waals surface area contributed by atoms with Crippen LogP contribution in [0.4, 0.5) is 17.1 Å². The van der Waals surface area contributed by atoms with Gasteiger partial charge < -0.3 is 4.90 Å². The maximum Gasteiger partial charge on any atom is 0.0467 e. The van der Waals surface area contributed by atoms with Gasteiger partial charge in [0, 0.05) is 17.1 Å². The van der Waals surface area contributed by atoms with Gasteiger partial charge in [-0.1, -0.05) is 190 Å². The molecular formula is C51H47N. The van der Waals surface area contributed by atoms with Crippen LogP contribution in [0.5, 0.6) is 0 Å². The topological polar surface area (TPSA) is 3.24 Å². The SMILES string of the molecule is CC.CCc1ccc2ccccc2c1.Cc1ccc(-c2ccc(N(c3cccc(-c4ccccc4)c3)c3cccc(-c4ccccc4)c3)cc2)cc1. The van der Waals surface area contributed by atoms with Crippen molar-refractivity contribution in [2.24, 2.45) is 0 Å². The molecule has 0 N–H and O–H groups in total. The number of anilines is 3. The lowest BCUT2D eigenvalue weighted by Crippen LogP contribution is -2.10. The lowest BCUT2D eigenvalue weighted by Gasteiger charge is -2.27. The number of hydrogen-bond acceptors (Lipinski definition) is 1. The molecule has 8 aromatic rings. The van der Waals surface area contributed by atoms with Crippen molar-refractivity contribution in [3.63, 3.8) is 0 Å². The first kappa shape index (κ1) is 35.6. The van der Waals surface area contributed by atoms with Crippen molar-refractivity contribution in [3.8, 4) is 33.4 Å². The molecule has 8 rings (SSSR count). The van der Waals surface area contributed by atoms with Crippen molar-refractivity contribution >= 4 is 27.8 Å². The Morgan fingerprint density at radius 1 is 0.346 bits per heavy atom. The maximum absolute atomic E-state index is 2.35. The molecule has 0 saturated carbocycles. The van der Waals surface area contributed by atoms with Gasteiger partial charge in [0.15, 0.2) is 0 Å². The van der Waals surface area contributed by atoms with Gasteiger partial charge in [0.1, 0.15) is 0 Å². The fraction of sp³-hybridized carbons (Fsp3) is 0.0980. The summed E-state index contributed by atoms with van der Waals surface area (Å²) in [6, 6.07) is 71.4. The molecule has 0 aromatic heterocycles. The van der Waals surface area contributed by atoms with Crippen LogP contribution in [0.15, 0.2) is 200 Å². The van der Waals surface area contributed by atoms with E-state index in [-0.39, 0.29) is 0 Å². The van der Waals surface area contributed by atoms with E-state index >= 15 is 0 Å².